The molecule has 0 aromatic carbocycles. The van der Waals surface area contributed by atoms with Crippen LogP contribution in [0.2, 0.25) is 0 Å². The molecule has 0 saturated heterocycles. The fourth-order valence-corrected chi connectivity index (χ4v) is 4.04. The van der Waals surface area contributed by atoms with Gasteiger partial charge in [0.2, 0.25) is 0 Å². The second-order valence-electron chi connectivity index (χ2n) is 7.50. The minimum atomic E-state index is -0.319. The summed E-state index contributed by atoms with van der Waals surface area (Å²) in [6, 6.07) is 0. The van der Waals surface area contributed by atoms with Gasteiger partial charge in [0.15, 0.2) is 0 Å². The highest BCUT2D eigenvalue weighted by Crippen LogP contribution is 2.40. The van der Waals surface area contributed by atoms with Crippen LogP contribution >= 0.6 is 0 Å². The molecular weight excluding hydrogens is 328 g/mol. The van der Waals surface area contributed by atoms with Gasteiger partial charge < -0.3 is 9.47 Å². The average Bonchev–Trinajstić information content (AvgIpc) is 2.82. The Bertz CT molecular complexity index is 639. The van der Waals surface area contributed by atoms with Crippen molar-refractivity contribution in [3.8, 4) is 0 Å². The monoisotopic (exact) mass is 360 g/mol. The van der Waals surface area contributed by atoms with Crippen molar-refractivity contribution in [2.45, 2.75) is 78.2 Å². The first-order valence-electron chi connectivity index (χ1n) is 9.72. The van der Waals surface area contributed by atoms with Crippen LogP contribution in [0, 0.1) is 5.92 Å². The van der Waals surface area contributed by atoms with Gasteiger partial charge >= 0.3 is 11.9 Å². The lowest BCUT2D eigenvalue weighted by molar-refractivity contribution is -0.145. The first kappa shape index (κ1) is 20.5. The molecule has 0 aromatic rings. The predicted molar refractivity (Wildman–Crippen MR) is 103 cm³/mol. The van der Waals surface area contributed by atoms with Gasteiger partial charge in [-0.25, -0.2) is 4.79 Å². The molecule has 0 spiro atoms. The molecule has 2 atom stereocenters. The van der Waals surface area contributed by atoms with Crippen molar-refractivity contribution in [1.82, 2.24) is 0 Å². The van der Waals surface area contributed by atoms with E-state index in [1.54, 1.807) is 0 Å². The normalized spacial score (nSPS) is 21.6. The second-order valence-corrected chi connectivity index (χ2v) is 7.50. The summed E-state index contributed by atoms with van der Waals surface area (Å²) in [4.78, 5) is 24.4. The molecular formula is C22H32O4. The molecule has 1 fully saturated rings. The molecule has 4 heteroatoms. The zero-order valence-corrected chi connectivity index (χ0v) is 16.7. The van der Waals surface area contributed by atoms with Crippen molar-refractivity contribution in [2.24, 2.45) is 5.92 Å². The summed E-state index contributed by atoms with van der Waals surface area (Å²) >= 11 is 0. The zero-order valence-electron chi connectivity index (χ0n) is 16.7. The van der Waals surface area contributed by atoms with E-state index in [1.807, 2.05) is 13.8 Å². The van der Waals surface area contributed by atoms with E-state index in [2.05, 4.69) is 13.5 Å². The molecule has 0 heterocycles. The number of ether oxygens (including phenoxy) is 2. The van der Waals surface area contributed by atoms with E-state index in [9.17, 15) is 9.59 Å². The molecule has 2 bridgehead atoms. The number of carbonyl (C=O) groups excluding carboxylic acids is 2. The van der Waals surface area contributed by atoms with Crippen LogP contribution in [0.3, 0.4) is 0 Å². The number of methoxy groups -OCH3 is 1. The Morgan fingerprint density at radius 1 is 1.19 bits per heavy atom. The average molecular weight is 360 g/mol. The van der Waals surface area contributed by atoms with Crippen LogP contribution in [0.15, 0.2) is 34.4 Å². The van der Waals surface area contributed by atoms with Gasteiger partial charge in [-0.2, -0.15) is 0 Å². The molecule has 0 amide bonds. The largest absolute Gasteiger partial charge is 0.469 e. The summed E-state index contributed by atoms with van der Waals surface area (Å²) in [7, 11) is 1.47. The van der Waals surface area contributed by atoms with Crippen LogP contribution in [-0.4, -0.2) is 25.2 Å². The molecule has 0 aliphatic heterocycles. The van der Waals surface area contributed by atoms with Crippen molar-refractivity contribution < 1.29 is 19.1 Å². The van der Waals surface area contributed by atoms with Crippen molar-refractivity contribution >= 4 is 11.9 Å². The lowest BCUT2D eigenvalue weighted by atomic mass is 9.84. The maximum atomic E-state index is 12.4. The van der Waals surface area contributed by atoms with Crippen molar-refractivity contribution in [1.29, 1.82) is 0 Å². The highest BCUT2D eigenvalue weighted by molar-refractivity contribution is 5.87. The molecule has 2 aliphatic rings. The number of allylic oxidation sites excluding steroid dienone is 2. The third-order valence-electron chi connectivity index (χ3n) is 5.75. The Labute approximate surface area is 157 Å². The first-order valence-corrected chi connectivity index (χ1v) is 9.72. The van der Waals surface area contributed by atoms with Gasteiger partial charge in [0.05, 0.1) is 13.0 Å². The van der Waals surface area contributed by atoms with Crippen molar-refractivity contribution in [3.63, 3.8) is 0 Å². The Balaban J connectivity index is 2.24. The lowest BCUT2D eigenvalue weighted by Gasteiger charge is -2.24. The smallest absolute Gasteiger partial charge is 0.333 e. The molecule has 0 N–H and O–H groups in total. The summed E-state index contributed by atoms with van der Waals surface area (Å²) in [5.41, 5.74) is 5.94. The summed E-state index contributed by atoms with van der Waals surface area (Å²) in [5, 5.41) is 0. The zero-order chi connectivity index (χ0) is 19.3. The van der Waals surface area contributed by atoms with Crippen LogP contribution in [0.1, 0.15) is 72.1 Å². The molecule has 26 heavy (non-hydrogen) atoms. The van der Waals surface area contributed by atoms with Crippen LogP contribution in [0.5, 0.6) is 0 Å². The fraction of sp³-hybridized carbons (Fsp3) is 0.636. The summed E-state index contributed by atoms with van der Waals surface area (Å²) in [6.45, 7) is 9.78. The number of carbonyl (C=O) groups is 2. The van der Waals surface area contributed by atoms with Crippen LogP contribution in [0.4, 0.5) is 0 Å². The quantitative estimate of drug-likeness (QED) is 0.378. The minimum Gasteiger partial charge on any atom is -0.469 e. The van der Waals surface area contributed by atoms with Gasteiger partial charge in [-0.15, -0.1) is 0 Å². The summed E-state index contributed by atoms with van der Waals surface area (Å²) < 4.78 is 10.6. The van der Waals surface area contributed by atoms with Crippen LogP contribution in [0.25, 0.3) is 0 Å². The van der Waals surface area contributed by atoms with Crippen molar-refractivity contribution in [3.05, 3.63) is 34.4 Å². The van der Waals surface area contributed by atoms with Crippen LogP contribution in [-0.2, 0) is 19.1 Å². The molecule has 2 aliphatic carbocycles. The number of hydrogen-bond donors (Lipinski definition) is 0. The number of esters is 2. The molecule has 0 radical (unpaired) electrons. The Morgan fingerprint density at radius 2 is 1.92 bits per heavy atom. The highest BCUT2D eigenvalue weighted by Gasteiger charge is 2.31. The van der Waals surface area contributed by atoms with Gasteiger partial charge in [0.1, 0.15) is 6.10 Å². The van der Waals surface area contributed by atoms with Gasteiger partial charge in [0.25, 0.3) is 0 Å². The second kappa shape index (κ2) is 9.20. The SMILES string of the molecule is C=C(CC)C(=O)OC(C)CC1=C2CCC(=C(C)CC1)CCC2C(=O)OC. The Hall–Kier alpha value is -1.84. The molecule has 1 saturated carbocycles. The third kappa shape index (κ3) is 4.87. The van der Waals surface area contributed by atoms with Gasteiger partial charge in [-0.05, 0) is 58.8 Å². The van der Waals surface area contributed by atoms with E-state index < -0.39 is 0 Å². The van der Waals surface area contributed by atoms with E-state index in [0.717, 1.165) is 38.5 Å². The summed E-state index contributed by atoms with van der Waals surface area (Å²) in [5.74, 6) is -0.616. The van der Waals surface area contributed by atoms with E-state index in [4.69, 9.17) is 9.47 Å². The van der Waals surface area contributed by atoms with E-state index >= 15 is 0 Å². The maximum absolute atomic E-state index is 12.4. The number of rotatable bonds is 6. The predicted octanol–water partition coefficient (Wildman–Crippen LogP) is 5.04. The molecule has 2 unspecified atom stereocenters. The van der Waals surface area contributed by atoms with Gasteiger partial charge in [-0.1, -0.05) is 35.8 Å². The summed E-state index contributed by atoms with van der Waals surface area (Å²) in [6.07, 6.45) is 6.72. The van der Waals surface area contributed by atoms with Gasteiger partial charge in [-0.3, -0.25) is 4.79 Å². The topological polar surface area (TPSA) is 52.6 Å². The standard InChI is InChI=1S/C22H32O4/c1-6-14(2)21(23)26-16(4)13-18-8-7-15(3)17-9-11-19(18)20(12-10-17)22(24)25-5/h16,20H,2,6-13H2,1,3-5H3. The lowest BCUT2D eigenvalue weighted by Crippen LogP contribution is -2.21. The molecule has 4 nitrogen and oxygen atoms in total. The molecule has 0 aromatic heterocycles. The maximum Gasteiger partial charge on any atom is 0.333 e. The van der Waals surface area contributed by atoms with E-state index in [0.29, 0.717) is 18.4 Å². The van der Waals surface area contributed by atoms with Crippen LogP contribution < -0.4 is 0 Å². The minimum absolute atomic E-state index is 0.137. The molecule has 144 valence electrons. The number of hydrogen-bond acceptors (Lipinski definition) is 4. The third-order valence-corrected chi connectivity index (χ3v) is 5.75. The fourth-order valence-electron chi connectivity index (χ4n) is 4.04. The Kier molecular flexibility index (Phi) is 7.24. The Morgan fingerprint density at radius 3 is 2.58 bits per heavy atom. The molecule has 2 rings (SSSR count). The van der Waals surface area contributed by atoms with E-state index in [-0.39, 0.29) is 24.0 Å². The van der Waals surface area contributed by atoms with Crippen molar-refractivity contribution in [2.75, 3.05) is 7.11 Å². The first-order chi connectivity index (χ1) is 12.4. The van der Waals surface area contributed by atoms with E-state index in [1.165, 1.54) is 29.4 Å². The van der Waals surface area contributed by atoms with Gasteiger partial charge in [0, 0.05) is 12.0 Å². The highest BCUT2D eigenvalue weighted by atomic mass is 16.5. The number of fused-ring (bicyclic) bond motifs is 3.